The first-order valence-corrected chi connectivity index (χ1v) is 4.97. The van der Waals surface area contributed by atoms with Crippen LogP contribution < -0.4 is 4.84 Å². The number of carbonyl (C=O) groups is 1. The van der Waals surface area contributed by atoms with Crippen molar-refractivity contribution in [3.8, 4) is 11.8 Å². The second-order valence-corrected chi connectivity index (χ2v) is 3.59. The van der Waals surface area contributed by atoms with Crippen LogP contribution in [0.2, 0.25) is 0 Å². The Hall–Kier alpha value is -2.43. The maximum atomic E-state index is 11.7. The van der Waals surface area contributed by atoms with Crippen LogP contribution in [0, 0.1) is 6.92 Å². The molecule has 0 aliphatic carbocycles. The van der Waals surface area contributed by atoms with Gasteiger partial charge in [0, 0.05) is 12.1 Å². The lowest BCUT2D eigenvalue weighted by Gasteiger charge is -2.06. The second-order valence-electron chi connectivity index (χ2n) is 3.59. The van der Waals surface area contributed by atoms with Crippen LogP contribution in [0.5, 0.6) is 11.8 Å². The summed E-state index contributed by atoms with van der Waals surface area (Å²) < 4.78 is 0.655. The highest BCUT2D eigenvalue weighted by Crippen LogP contribution is 2.19. The summed E-state index contributed by atoms with van der Waals surface area (Å²) in [5.41, 5.74) is 1.36. The normalized spacial score (nSPS) is 10.2. The van der Waals surface area contributed by atoms with Gasteiger partial charge in [0.1, 0.15) is 0 Å². The van der Waals surface area contributed by atoms with Gasteiger partial charge in [0.15, 0.2) is 0 Å². The summed E-state index contributed by atoms with van der Waals surface area (Å²) in [5, 5.41) is 18.6. The Morgan fingerprint density at radius 1 is 1.06 bits per heavy atom. The fraction of sp³-hybridized carbons (Fsp3) is 0.0833. The quantitative estimate of drug-likeness (QED) is 0.824. The molecule has 0 bridgehead atoms. The van der Waals surface area contributed by atoms with Gasteiger partial charge in [0.2, 0.25) is 11.8 Å². The number of nitrogens with zero attached hydrogens (tertiary/aromatic N) is 1. The van der Waals surface area contributed by atoms with Crippen molar-refractivity contribution < 1.29 is 19.8 Å². The van der Waals surface area contributed by atoms with Gasteiger partial charge in [-0.1, -0.05) is 17.7 Å². The molecule has 2 aromatic rings. The van der Waals surface area contributed by atoms with Crippen LogP contribution in [0.3, 0.4) is 0 Å². The van der Waals surface area contributed by atoms with Crippen LogP contribution in [-0.2, 0) is 0 Å². The zero-order valence-electron chi connectivity index (χ0n) is 9.12. The van der Waals surface area contributed by atoms with E-state index in [1.807, 2.05) is 6.92 Å². The largest absolute Gasteiger partial charge is 0.492 e. The summed E-state index contributed by atoms with van der Waals surface area (Å²) in [6.07, 6.45) is 0. The van der Waals surface area contributed by atoms with Gasteiger partial charge in [-0.2, -0.15) is 0 Å². The zero-order chi connectivity index (χ0) is 12.4. The fourth-order valence-corrected chi connectivity index (χ4v) is 1.32. The third-order valence-electron chi connectivity index (χ3n) is 2.26. The number of aromatic hydroxyl groups is 2. The average Bonchev–Trinajstić information content (AvgIpc) is 2.61. The highest BCUT2D eigenvalue weighted by Gasteiger charge is 2.13. The van der Waals surface area contributed by atoms with E-state index in [1.165, 1.54) is 12.1 Å². The molecule has 5 heteroatoms. The van der Waals surface area contributed by atoms with E-state index in [9.17, 15) is 15.0 Å². The monoisotopic (exact) mass is 233 g/mol. The van der Waals surface area contributed by atoms with E-state index >= 15 is 0 Å². The summed E-state index contributed by atoms with van der Waals surface area (Å²) >= 11 is 0. The highest BCUT2D eigenvalue weighted by molar-refractivity contribution is 5.89. The molecule has 17 heavy (non-hydrogen) atoms. The molecular formula is C12H11NO4. The molecule has 0 aliphatic rings. The van der Waals surface area contributed by atoms with Gasteiger partial charge in [-0.3, -0.25) is 0 Å². The van der Waals surface area contributed by atoms with Crippen LogP contribution in [0.25, 0.3) is 0 Å². The molecule has 88 valence electrons. The molecule has 1 heterocycles. The fourth-order valence-electron chi connectivity index (χ4n) is 1.32. The van der Waals surface area contributed by atoms with E-state index in [-0.39, 0.29) is 11.8 Å². The molecule has 1 aromatic carbocycles. The van der Waals surface area contributed by atoms with Crippen molar-refractivity contribution >= 4 is 5.97 Å². The molecule has 0 spiro atoms. The topological polar surface area (TPSA) is 71.7 Å². The molecule has 0 unspecified atom stereocenters. The van der Waals surface area contributed by atoms with E-state index in [1.54, 1.807) is 24.3 Å². The molecule has 0 fully saturated rings. The zero-order valence-corrected chi connectivity index (χ0v) is 9.12. The van der Waals surface area contributed by atoms with Gasteiger partial charge in [0.25, 0.3) is 0 Å². The summed E-state index contributed by atoms with van der Waals surface area (Å²) in [7, 11) is 0. The number of rotatable bonds is 2. The first-order chi connectivity index (χ1) is 8.08. The van der Waals surface area contributed by atoms with Gasteiger partial charge >= 0.3 is 5.97 Å². The van der Waals surface area contributed by atoms with Crippen LogP contribution >= 0.6 is 0 Å². The smallest absolute Gasteiger partial charge is 0.363 e. The molecule has 0 saturated heterocycles. The minimum Gasteiger partial charge on any atom is -0.492 e. The lowest BCUT2D eigenvalue weighted by Crippen LogP contribution is -2.18. The molecule has 0 amide bonds. The standard InChI is InChI=1S/C12H11NO4/c1-8-2-4-9(5-3-8)12(16)17-13-10(14)6-7-11(13)15/h2-7,14-15H,1H3. The minimum absolute atomic E-state index is 0.336. The SMILES string of the molecule is Cc1ccc(C(=O)On2c(O)ccc2O)cc1. The molecule has 5 nitrogen and oxygen atoms in total. The Bertz CT molecular complexity index is 523. The van der Waals surface area contributed by atoms with Crippen molar-refractivity contribution in [2.75, 3.05) is 0 Å². The van der Waals surface area contributed by atoms with E-state index in [0.717, 1.165) is 5.56 Å². The van der Waals surface area contributed by atoms with Gasteiger partial charge in [-0.25, -0.2) is 4.79 Å². The first-order valence-electron chi connectivity index (χ1n) is 4.97. The third-order valence-corrected chi connectivity index (χ3v) is 2.26. The van der Waals surface area contributed by atoms with Crippen LogP contribution in [0.15, 0.2) is 36.4 Å². The van der Waals surface area contributed by atoms with Gasteiger partial charge in [-0.05, 0) is 19.1 Å². The van der Waals surface area contributed by atoms with Crippen molar-refractivity contribution in [2.24, 2.45) is 0 Å². The third kappa shape index (κ3) is 2.23. The number of aryl methyl sites for hydroxylation is 1. The molecule has 2 N–H and O–H groups in total. The highest BCUT2D eigenvalue weighted by atomic mass is 16.7. The van der Waals surface area contributed by atoms with Crippen molar-refractivity contribution in [1.29, 1.82) is 0 Å². The second kappa shape index (κ2) is 4.21. The summed E-state index contributed by atoms with van der Waals surface area (Å²) in [6, 6.07) is 9.19. The number of hydrogen-bond donors (Lipinski definition) is 2. The maximum Gasteiger partial charge on any atom is 0.363 e. The van der Waals surface area contributed by atoms with Crippen LogP contribution in [-0.4, -0.2) is 20.9 Å². The molecular weight excluding hydrogens is 222 g/mol. The van der Waals surface area contributed by atoms with E-state index in [4.69, 9.17) is 4.84 Å². The van der Waals surface area contributed by atoms with Crippen LogP contribution in [0.4, 0.5) is 0 Å². The Morgan fingerprint density at radius 2 is 1.59 bits per heavy atom. The number of hydrogen-bond acceptors (Lipinski definition) is 4. The molecule has 0 saturated carbocycles. The maximum absolute atomic E-state index is 11.7. The lowest BCUT2D eigenvalue weighted by atomic mass is 10.2. The van der Waals surface area contributed by atoms with Crippen molar-refractivity contribution in [3.63, 3.8) is 0 Å². The number of benzene rings is 1. The average molecular weight is 233 g/mol. The Kier molecular flexibility index (Phi) is 2.74. The van der Waals surface area contributed by atoms with Crippen molar-refractivity contribution in [1.82, 2.24) is 4.73 Å². The molecule has 0 atom stereocenters. The van der Waals surface area contributed by atoms with Gasteiger partial charge < -0.3 is 15.1 Å². The lowest BCUT2D eigenvalue weighted by molar-refractivity contribution is 0.0382. The van der Waals surface area contributed by atoms with Crippen LogP contribution in [0.1, 0.15) is 15.9 Å². The Morgan fingerprint density at radius 3 is 2.12 bits per heavy atom. The number of aromatic nitrogens is 1. The summed E-state index contributed by atoms with van der Waals surface area (Å²) in [4.78, 5) is 16.5. The first kappa shape index (κ1) is 11.1. The predicted molar refractivity (Wildman–Crippen MR) is 59.9 cm³/mol. The molecule has 0 aliphatic heterocycles. The van der Waals surface area contributed by atoms with Gasteiger partial charge in [-0.15, -0.1) is 4.73 Å². The minimum atomic E-state index is -0.660. The Labute approximate surface area is 97.5 Å². The predicted octanol–water partition coefficient (Wildman–Crippen LogP) is 1.48. The van der Waals surface area contributed by atoms with E-state index in [0.29, 0.717) is 10.3 Å². The Balaban J connectivity index is 2.20. The molecule has 0 radical (unpaired) electrons. The molecule has 2 rings (SSSR count). The van der Waals surface area contributed by atoms with E-state index < -0.39 is 5.97 Å². The summed E-state index contributed by atoms with van der Waals surface area (Å²) in [5.74, 6) is -1.35. The van der Waals surface area contributed by atoms with Crippen molar-refractivity contribution in [3.05, 3.63) is 47.5 Å². The van der Waals surface area contributed by atoms with E-state index in [2.05, 4.69) is 0 Å². The van der Waals surface area contributed by atoms with Gasteiger partial charge in [0.05, 0.1) is 5.56 Å². The van der Waals surface area contributed by atoms with Crippen molar-refractivity contribution in [2.45, 2.75) is 6.92 Å². The number of carbonyl (C=O) groups excluding carboxylic acids is 1. The summed E-state index contributed by atoms with van der Waals surface area (Å²) in [6.45, 7) is 1.90. The molecule has 1 aromatic heterocycles.